The molecule has 0 unspecified atom stereocenters. The van der Waals surface area contributed by atoms with Crippen molar-refractivity contribution < 1.29 is 4.79 Å². The van der Waals surface area contributed by atoms with Crippen LogP contribution in [-0.4, -0.2) is 37.0 Å². The molecule has 0 heterocycles. The van der Waals surface area contributed by atoms with Gasteiger partial charge in [-0.1, -0.05) is 27.7 Å². The highest BCUT2D eigenvalue weighted by Crippen LogP contribution is 2.67. The molecular weight excluding hydrogens is 212 g/mol. The van der Waals surface area contributed by atoms with E-state index in [-0.39, 0.29) is 5.91 Å². The van der Waals surface area contributed by atoms with Gasteiger partial charge >= 0.3 is 0 Å². The summed E-state index contributed by atoms with van der Waals surface area (Å²) >= 11 is 0. The second kappa shape index (κ2) is 3.98. The summed E-state index contributed by atoms with van der Waals surface area (Å²) in [5.41, 5.74) is 0.816. The molecule has 0 saturated heterocycles. The Morgan fingerprint density at radius 1 is 1.24 bits per heavy atom. The van der Waals surface area contributed by atoms with E-state index in [1.807, 2.05) is 11.9 Å². The average molecular weight is 238 g/mol. The zero-order valence-electron chi connectivity index (χ0n) is 11.8. The first-order valence-corrected chi connectivity index (χ1v) is 6.75. The molecule has 0 aromatic rings. The Morgan fingerprint density at radius 2 is 1.76 bits per heavy atom. The van der Waals surface area contributed by atoms with Crippen molar-refractivity contribution in [2.75, 3.05) is 20.1 Å². The van der Waals surface area contributed by atoms with Crippen LogP contribution >= 0.6 is 0 Å². The summed E-state index contributed by atoms with van der Waals surface area (Å²) in [6.45, 7) is 10.7. The lowest BCUT2D eigenvalue weighted by atomic mass is 10.0. The van der Waals surface area contributed by atoms with E-state index < -0.39 is 0 Å². The molecule has 17 heavy (non-hydrogen) atoms. The number of carbonyl (C=O) groups excluding carboxylic acids is 1. The van der Waals surface area contributed by atoms with Crippen LogP contribution in [0, 0.1) is 16.7 Å². The van der Waals surface area contributed by atoms with Crippen molar-refractivity contribution in [3.63, 3.8) is 0 Å². The molecule has 3 nitrogen and oxygen atoms in total. The number of nitrogens with one attached hydrogen (secondary N) is 1. The van der Waals surface area contributed by atoms with Gasteiger partial charge in [0, 0.05) is 13.1 Å². The van der Waals surface area contributed by atoms with Crippen molar-refractivity contribution in [2.45, 2.75) is 46.6 Å². The summed E-state index contributed by atoms with van der Waals surface area (Å²) in [6.07, 6.45) is 2.37. The largest absolute Gasteiger partial charge is 0.342 e. The third-order valence-corrected chi connectivity index (χ3v) is 5.43. The van der Waals surface area contributed by atoms with E-state index in [2.05, 4.69) is 33.0 Å². The van der Waals surface area contributed by atoms with Crippen molar-refractivity contribution in [3.8, 4) is 0 Å². The minimum atomic E-state index is 0.240. The Kier molecular flexibility index (Phi) is 3.01. The van der Waals surface area contributed by atoms with E-state index in [4.69, 9.17) is 0 Å². The van der Waals surface area contributed by atoms with Gasteiger partial charge in [0.25, 0.3) is 0 Å². The first-order chi connectivity index (χ1) is 7.78. The number of nitrogens with zero attached hydrogens (tertiary/aromatic N) is 1. The molecule has 0 bridgehead atoms. The van der Waals surface area contributed by atoms with Crippen LogP contribution in [-0.2, 0) is 4.79 Å². The maximum absolute atomic E-state index is 11.8. The minimum absolute atomic E-state index is 0.240. The van der Waals surface area contributed by atoms with E-state index in [1.165, 1.54) is 12.8 Å². The Morgan fingerprint density at radius 3 is 2.18 bits per heavy atom. The second-order valence-electron chi connectivity index (χ2n) is 6.86. The summed E-state index contributed by atoms with van der Waals surface area (Å²) < 4.78 is 0. The number of amides is 1. The van der Waals surface area contributed by atoms with Crippen molar-refractivity contribution >= 4 is 5.91 Å². The SMILES string of the molecule is CN(C(=O)CNCC1C(C)(C)C1(C)C)C1CC1. The first-order valence-electron chi connectivity index (χ1n) is 6.75. The fourth-order valence-corrected chi connectivity index (χ4v) is 2.96. The van der Waals surface area contributed by atoms with E-state index in [0.717, 1.165) is 6.54 Å². The first kappa shape index (κ1) is 12.9. The molecule has 2 aliphatic carbocycles. The minimum Gasteiger partial charge on any atom is -0.342 e. The van der Waals surface area contributed by atoms with Crippen molar-refractivity contribution in [2.24, 2.45) is 16.7 Å². The molecular formula is C14H26N2O. The third-order valence-electron chi connectivity index (χ3n) is 5.43. The highest BCUT2D eigenvalue weighted by atomic mass is 16.2. The van der Waals surface area contributed by atoms with Crippen LogP contribution in [0.4, 0.5) is 0 Å². The molecule has 3 heteroatoms. The number of hydrogen-bond acceptors (Lipinski definition) is 2. The third kappa shape index (κ3) is 2.22. The van der Waals surface area contributed by atoms with Crippen LogP contribution < -0.4 is 5.32 Å². The van der Waals surface area contributed by atoms with Gasteiger partial charge in [0.15, 0.2) is 0 Å². The highest BCUT2D eigenvalue weighted by molar-refractivity contribution is 5.78. The molecule has 2 fully saturated rings. The molecule has 0 aromatic heterocycles. The van der Waals surface area contributed by atoms with Gasteiger partial charge in [0.2, 0.25) is 5.91 Å². The van der Waals surface area contributed by atoms with E-state index in [9.17, 15) is 4.79 Å². The van der Waals surface area contributed by atoms with Crippen LogP contribution in [0.5, 0.6) is 0 Å². The fourth-order valence-electron chi connectivity index (χ4n) is 2.96. The van der Waals surface area contributed by atoms with E-state index >= 15 is 0 Å². The van der Waals surface area contributed by atoms with Crippen molar-refractivity contribution in [1.82, 2.24) is 10.2 Å². The smallest absolute Gasteiger partial charge is 0.236 e. The fraction of sp³-hybridized carbons (Fsp3) is 0.929. The predicted octanol–water partition coefficient (Wildman–Crippen LogP) is 1.88. The number of rotatable bonds is 5. The van der Waals surface area contributed by atoms with Crippen molar-refractivity contribution in [1.29, 1.82) is 0 Å². The van der Waals surface area contributed by atoms with Crippen molar-refractivity contribution in [3.05, 3.63) is 0 Å². The van der Waals surface area contributed by atoms with Gasteiger partial charge < -0.3 is 10.2 Å². The molecule has 98 valence electrons. The Labute approximate surface area is 105 Å². The standard InChI is InChI=1S/C14H26N2O/c1-13(2)11(14(13,3)4)8-15-9-12(17)16(5)10-6-7-10/h10-11,15H,6-9H2,1-5H3. The van der Waals surface area contributed by atoms with Gasteiger partial charge in [-0.15, -0.1) is 0 Å². The number of carbonyl (C=O) groups is 1. The molecule has 0 aromatic carbocycles. The zero-order chi connectivity index (χ0) is 12.8. The molecule has 1 N–H and O–H groups in total. The van der Waals surface area contributed by atoms with Gasteiger partial charge in [0.05, 0.1) is 6.54 Å². The van der Waals surface area contributed by atoms with Gasteiger partial charge in [-0.2, -0.15) is 0 Å². The monoisotopic (exact) mass is 238 g/mol. The van der Waals surface area contributed by atoms with Crippen LogP contribution in [0.3, 0.4) is 0 Å². The molecule has 0 spiro atoms. The summed E-state index contributed by atoms with van der Waals surface area (Å²) in [5, 5.41) is 3.33. The number of likely N-dealkylation sites (N-methyl/N-ethyl adjacent to an activating group) is 1. The predicted molar refractivity (Wildman–Crippen MR) is 69.7 cm³/mol. The van der Waals surface area contributed by atoms with Crippen LogP contribution in [0.2, 0.25) is 0 Å². The highest BCUT2D eigenvalue weighted by Gasteiger charge is 2.63. The second-order valence-corrected chi connectivity index (χ2v) is 6.86. The molecule has 2 aliphatic rings. The zero-order valence-corrected chi connectivity index (χ0v) is 11.8. The van der Waals surface area contributed by atoms with Crippen LogP contribution in [0.1, 0.15) is 40.5 Å². The summed E-state index contributed by atoms with van der Waals surface area (Å²) in [4.78, 5) is 13.7. The Hall–Kier alpha value is -0.570. The molecule has 0 atom stereocenters. The number of hydrogen-bond donors (Lipinski definition) is 1. The molecule has 2 saturated carbocycles. The molecule has 0 aliphatic heterocycles. The Bertz CT molecular complexity index is 304. The van der Waals surface area contributed by atoms with E-state index in [0.29, 0.717) is 29.3 Å². The summed E-state index contributed by atoms with van der Waals surface area (Å²) in [7, 11) is 1.92. The average Bonchev–Trinajstić information content (AvgIpc) is 3.11. The lowest BCUT2D eigenvalue weighted by Crippen LogP contribution is -2.37. The lowest BCUT2D eigenvalue weighted by Gasteiger charge is -2.16. The topological polar surface area (TPSA) is 32.3 Å². The normalized spacial score (nSPS) is 25.7. The summed E-state index contributed by atoms with van der Waals surface area (Å²) in [6, 6.07) is 0.526. The van der Waals surface area contributed by atoms with Gasteiger partial charge in [-0.05, 0) is 36.1 Å². The Balaban J connectivity index is 1.69. The molecule has 1 amide bonds. The van der Waals surface area contributed by atoms with Gasteiger partial charge in [-0.3, -0.25) is 4.79 Å². The van der Waals surface area contributed by atoms with Crippen LogP contribution in [0.25, 0.3) is 0 Å². The van der Waals surface area contributed by atoms with Gasteiger partial charge in [0.1, 0.15) is 0 Å². The lowest BCUT2D eigenvalue weighted by molar-refractivity contribution is -0.129. The van der Waals surface area contributed by atoms with Gasteiger partial charge in [-0.25, -0.2) is 0 Å². The summed E-state index contributed by atoms with van der Waals surface area (Å²) in [5.74, 6) is 0.929. The van der Waals surface area contributed by atoms with E-state index in [1.54, 1.807) is 0 Å². The molecule has 0 radical (unpaired) electrons. The maximum Gasteiger partial charge on any atom is 0.236 e. The maximum atomic E-state index is 11.8. The quantitative estimate of drug-likeness (QED) is 0.793. The molecule has 2 rings (SSSR count). The van der Waals surface area contributed by atoms with Crippen LogP contribution in [0.15, 0.2) is 0 Å².